The lowest BCUT2D eigenvalue weighted by Crippen LogP contribution is -2.35. The monoisotopic (exact) mass is 402 g/mol. The zero-order valence-electron chi connectivity index (χ0n) is 16.1. The fraction of sp³-hybridized carbons (Fsp3) is 0.579. The Bertz CT molecular complexity index is 782. The highest BCUT2D eigenvalue weighted by Crippen LogP contribution is 2.27. The molecule has 1 N–H and O–H groups in total. The van der Waals surface area contributed by atoms with Gasteiger partial charge in [0.15, 0.2) is 5.16 Å². The Kier molecular flexibility index (Phi) is 6.23. The Morgan fingerprint density at radius 1 is 1.29 bits per heavy atom. The normalized spacial score (nSPS) is 21.1. The molecule has 0 aromatic carbocycles. The smallest absolute Gasteiger partial charge is 0.231 e. The van der Waals surface area contributed by atoms with E-state index in [2.05, 4.69) is 25.3 Å². The van der Waals surface area contributed by atoms with Gasteiger partial charge in [0.2, 0.25) is 5.91 Å². The molecule has 28 heavy (non-hydrogen) atoms. The van der Waals surface area contributed by atoms with E-state index in [1.807, 2.05) is 29.4 Å². The van der Waals surface area contributed by atoms with Crippen LogP contribution in [0.3, 0.4) is 0 Å². The number of hydrogen-bond donors (Lipinski definition) is 1. The molecule has 0 radical (unpaired) electrons. The van der Waals surface area contributed by atoms with Crippen LogP contribution < -0.4 is 5.32 Å². The first kappa shape index (κ1) is 19.4. The number of piperidine rings is 1. The van der Waals surface area contributed by atoms with Gasteiger partial charge in [-0.15, -0.1) is 0 Å². The van der Waals surface area contributed by atoms with Crippen molar-refractivity contribution in [1.82, 2.24) is 24.6 Å². The van der Waals surface area contributed by atoms with Gasteiger partial charge in [-0.1, -0.05) is 11.8 Å². The van der Waals surface area contributed by atoms with Crippen LogP contribution in [0.2, 0.25) is 0 Å². The van der Waals surface area contributed by atoms with Crippen LogP contribution in [0, 0.1) is 5.92 Å². The molecule has 2 aromatic heterocycles. The maximum atomic E-state index is 12.4. The van der Waals surface area contributed by atoms with Crippen molar-refractivity contribution in [3.63, 3.8) is 0 Å². The van der Waals surface area contributed by atoms with Gasteiger partial charge in [-0.2, -0.15) is 5.10 Å². The molecule has 0 bridgehead atoms. The van der Waals surface area contributed by atoms with Crippen molar-refractivity contribution in [2.45, 2.75) is 37.0 Å². The number of nitrogens with zero attached hydrogens (tertiary/aromatic N) is 5. The third kappa shape index (κ3) is 4.53. The number of carbonyl (C=O) groups excluding carboxylic acids is 1. The van der Waals surface area contributed by atoms with E-state index < -0.39 is 0 Å². The summed E-state index contributed by atoms with van der Waals surface area (Å²) >= 11 is 1.55. The van der Waals surface area contributed by atoms with Gasteiger partial charge in [0.1, 0.15) is 5.82 Å². The topological polar surface area (TPSA) is 85.2 Å². The van der Waals surface area contributed by atoms with Crippen LogP contribution in [0.1, 0.15) is 30.9 Å². The first-order valence-corrected chi connectivity index (χ1v) is 10.9. The van der Waals surface area contributed by atoms with E-state index in [1.54, 1.807) is 18.0 Å². The SMILES string of the molecule is CSc1ncc(CN2CCC(n3nccc3NC(=O)[C@H]3CCOC3)CC2)cn1. The minimum atomic E-state index is -0.0510. The second-order valence-corrected chi connectivity index (χ2v) is 8.07. The van der Waals surface area contributed by atoms with Crippen LogP contribution in [-0.2, 0) is 16.1 Å². The van der Waals surface area contributed by atoms with Crippen LogP contribution in [0.4, 0.5) is 5.82 Å². The molecule has 0 saturated carbocycles. The predicted octanol–water partition coefficient (Wildman–Crippen LogP) is 2.21. The van der Waals surface area contributed by atoms with Gasteiger partial charge < -0.3 is 10.1 Å². The largest absolute Gasteiger partial charge is 0.381 e. The van der Waals surface area contributed by atoms with Gasteiger partial charge in [0.25, 0.3) is 0 Å². The molecule has 2 fully saturated rings. The quantitative estimate of drug-likeness (QED) is 0.586. The van der Waals surface area contributed by atoms with E-state index in [4.69, 9.17) is 4.74 Å². The fourth-order valence-corrected chi connectivity index (χ4v) is 4.10. The summed E-state index contributed by atoms with van der Waals surface area (Å²) in [6.07, 6.45) is 10.4. The molecule has 0 spiro atoms. The maximum absolute atomic E-state index is 12.4. The van der Waals surface area contributed by atoms with Gasteiger partial charge in [-0.3, -0.25) is 9.69 Å². The Morgan fingerprint density at radius 3 is 2.75 bits per heavy atom. The number of nitrogens with one attached hydrogen (secondary N) is 1. The molecular weight excluding hydrogens is 376 g/mol. The van der Waals surface area contributed by atoms with Crippen LogP contribution in [-0.4, -0.2) is 63.1 Å². The molecule has 9 heteroatoms. The Morgan fingerprint density at radius 2 is 2.07 bits per heavy atom. The summed E-state index contributed by atoms with van der Waals surface area (Å²) in [5.74, 6) is 0.770. The Hall–Kier alpha value is -1.97. The minimum Gasteiger partial charge on any atom is -0.381 e. The second-order valence-electron chi connectivity index (χ2n) is 7.30. The summed E-state index contributed by atoms with van der Waals surface area (Å²) in [5, 5.41) is 8.32. The van der Waals surface area contributed by atoms with Crippen molar-refractivity contribution in [1.29, 1.82) is 0 Å². The lowest BCUT2D eigenvalue weighted by molar-refractivity contribution is -0.119. The number of aromatic nitrogens is 4. The summed E-state index contributed by atoms with van der Waals surface area (Å²) in [6, 6.07) is 2.18. The van der Waals surface area contributed by atoms with Gasteiger partial charge in [-0.25, -0.2) is 14.6 Å². The van der Waals surface area contributed by atoms with Crippen molar-refractivity contribution >= 4 is 23.5 Å². The van der Waals surface area contributed by atoms with E-state index >= 15 is 0 Å². The van der Waals surface area contributed by atoms with Gasteiger partial charge in [0.05, 0.1) is 24.8 Å². The van der Waals surface area contributed by atoms with Crippen molar-refractivity contribution in [3.05, 3.63) is 30.2 Å². The third-order valence-corrected chi connectivity index (χ3v) is 5.97. The molecule has 0 unspecified atom stereocenters. The van der Waals surface area contributed by atoms with E-state index in [0.717, 1.165) is 55.4 Å². The van der Waals surface area contributed by atoms with Crippen molar-refractivity contribution in [2.24, 2.45) is 5.92 Å². The Labute approximate surface area is 169 Å². The molecule has 0 aliphatic carbocycles. The molecule has 2 aromatic rings. The first-order valence-electron chi connectivity index (χ1n) is 9.72. The number of carbonyl (C=O) groups is 1. The van der Waals surface area contributed by atoms with Gasteiger partial charge in [0, 0.05) is 50.3 Å². The van der Waals surface area contributed by atoms with Crippen LogP contribution >= 0.6 is 11.8 Å². The summed E-state index contributed by atoms with van der Waals surface area (Å²) in [4.78, 5) is 23.5. The summed E-state index contributed by atoms with van der Waals surface area (Å²) in [5.41, 5.74) is 1.14. The second kappa shape index (κ2) is 9.02. The molecule has 4 heterocycles. The van der Waals surface area contributed by atoms with Crippen LogP contribution in [0.5, 0.6) is 0 Å². The van der Waals surface area contributed by atoms with Crippen molar-refractivity contribution in [2.75, 3.05) is 37.9 Å². The van der Waals surface area contributed by atoms with E-state index in [0.29, 0.717) is 19.3 Å². The van der Waals surface area contributed by atoms with E-state index in [9.17, 15) is 4.79 Å². The maximum Gasteiger partial charge on any atom is 0.231 e. The number of amides is 1. The zero-order valence-corrected chi connectivity index (χ0v) is 16.9. The third-order valence-electron chi connectivity index (χ3n) is 5.40. The molecule has 1 atom stereocenters. The average molecular weight is 403 g/mol. The molecule has 2 aliphatic heterocycles. The highest BCUT2D eigenvalue weighted by molar-refractivity contribution is 7.98. The van der Waals surface area contributed by atoms with Gasteiger partial charge in [-0.05, 0) is 25.5 Å². The first-order chi connectivity index (χ1) is 13.7. The Balaban J connectivity index is 1.31. The van der Waals surface area contributed by atoms with Crippen molar-refractivity contribution in [3.8, 4) is 0 Å². The van der Waals surface area contributed by atoms with Crippen LogP contribution in [0.25, 0.3) is 0 Å². The number of rotatable bonds is 6. The highest BCUT2D eigenvalue weighted by Gasteiger charge is 2.27. The van der Waals surface area contributed by atoms with Crippen LogP contribution in [0.15, 0.2) is 29.8 Å². The summed E-state index contributed by atoms with van der Waals surface area (Å²) in [7, 11) is 0. The molecule has 2 saturated heterocycles. The molecule has 2 aliphatic rings. The van der Waals surface area contributed by atoms with E-state index in [-0.39, 0.29) is 11.8 Å². The predicted molar refractivity (Wildman–Crippen MR) is 107 cm³/mol. The lowest BCUT2D eigenvalue weighted by Gasteiger charge is -2.32. The van der Waals surface area contributed by atoms with Gasteiger partial charge >= 0.3 is 0 Å². The number of likely N-dealkylation sites (tertiary alicyclic amines) is 1. The summed E-state index contributed by atoms with van der Waals surface area (Å²) < 4.78 is 7.29. The minimum absolute atomic E-state index is 0.0328. The molecule has 8 nitrogen and oxygen atoms in total. The lowest BCUT2D eigenvalue weighted by atomic mass is 10.0. The number of thioether (sulfide) groups is 1. The standard InChI is InChI=1S/C19H26N6O2S/c1-28-19-20-10-14(11-21-19)12-24-7-3-16(4-8-24)25-17(2-6-22-25)23-18(26)15-5-9-27-13-15/h2,6,10-11,15-16H,3-5,7-9,12-13H2,1H3,(H,23,26)/t15-/m0/s1. The van der Waals surface area contributed by atoms with E-state index in [1.165, 1.54) is 0 Å². The van der Waals surface area contributed by atoms with Crippen molar-refractivity contribution < 1.29 is 9.53 Å². The highest BCUT2D eigenvalue weighted by atomic mass is 32.2. The number of anilines is 1. The molecular formula is C19H26N6O2S. The number of ether oxygens (including phenoxy) is 1. The molecule has 150 valence electrons. The molecule has 4 rings (SSSR count). The zero-order chi connectivity index (χ0) is 19.3. The number of hydrogen-bond acceptors (Lipinski definition) is 7. The average Bonchev–Trinajstić information content (AvgIpc) is 3.41. The summed E-state index contributed by atoms with van der Waals surface area (Å²) in [6.45, 7) is 4.02. The molecule has 1 amide bonds. The fourth-order valence-electron chi connectivity index (χ4n) is 3.78.